The summed E-state index contributed by atoms with van der Waals surface area (Å²) in [4.78, 5) is 3.98. The molecule has 0 aromatic carbocycles. The van der Waals surface area contributed by atoms with Crippen molar-refractivity contribution in [2.24, 2.45) is 0 Å². The van der Waals surface area contributed by atoms with E-state index in [-0.39, 0.29) is 5.54 Å². The Morgan fingerprint density at radius 1 is 1.37 bits per heavy atom. The molecule has 0 saturated heterocycles. The lowest BCUT2D eigenvalue weighted by molar-refractivity contribution is 0.247. The zero-order valence-corrected chi connectivity index (χ0v) is 11.5. The van der Waals surface area contributed by atoms with Gasteiger partial charge in [0.25, 0.3) is 0 Å². The third kappa shape index (κ3) is 4.71. The van der Waals surface area contributed by atoms with E-state index in [0.717, 1.165) is 5.69 Å². The number of ether oxygens (including phenoxy) is 1. The molecule has 0 atom stereocenters. The zero-order chi connectivity index (χ0) is 13.7. The first kappa shape index (κ1) is 13.5. The lowest BCUT2D eigenvalue weighted by Crippen LogP contribution is -2.35. The van der Waals surface area contributed by atoms with Gasteiger partial charge < -0.3 is 14.6 Å². The lowest BCUT2D eigenvalue weighted by atomic mass is 10.1. The lowest BCUT2D eigenvalue weighted by Gasteiger charge is -2.19. The molecule has 2 aromatic rings. The zero-order valence-electron chi connectivity index (χ0n) is 11.5. The van der Waals surface area contributed by atoms with E-state index in [1.54, 1.807) is 12.4 Å². The van der Waals surface area contributed by atoms with E-state index in [0.29, 0.717) is 24.7 Å². The maximum atomic E-state index is 5.53. The highest BCUT2D eigenvalue weighted by molar-refractivity contribution is 5.16. The molecule has 19 heavy (non-hydrogen) atoms. The van der Waals surface area contributed by atoms with Crippen molar-refractivity contribution in [3.8, 4) is 5.75 Å². The predicted molar refractivity (Wildman–Crippen MR) is 71.7 cm³/mol. The molecule has 0 spiro atoms. The standard InChI is InChI=1S/C14H19N3O2/c1-14(2,3)16-8-11-7-13(19-17-11)10-18-12-5-4-6-15-9-12/h4-7,9,16H,8,10H2,1-3H3. The van der Waals surface area contributed by atoms with Gasteiger partial charge in [-0.3, -0.25) is 4.98 Å². The second-order valence-corrected chi connectivity index (χ2v) is 5.37. The first-order chi connectivity index (χ1) is 9.03. The van der Waals surface area contributed by atoms with Gasteiger partial charge in [-0.15, -0.1) is 0 Å². The van der Waals surface area contributed by atoms with Crippen LogP contribution in [0.2, 0.25) is 0 Å². The largest absolute Gasteiger partial charge is 0.484 e. The number of pyridine rings is 1. The Morgan fingerprint density at radius 2 is 2.21 bits per heavy atom. The molecule has 0 fully saturated rings. The number of nitrogens with zero attached hydrogens (tertiary/aromatic N) is 2. The van der Waals surface area contributed by atoms with Crippen molar-refractivity contribution in [3.63, 3.8) is 0 Å². The van der Waals surface area contributed by atoms with E-state index in [1.165, 1.54) is 0 Å². The molecule has 0 aliphatic heterocycles. The molecule has 0 saturated carbocycles. The third-order valence-electron chi connectivity index (χ3n) is 2.42. The Morgan fingerprint density at radius 3 is 2.89 bits per heavy atom. The topological polar surface area (TPSA) is 60.2 Å². The fraction of sp³-hybridized carbons (Fsp3) is 0.429. The monoisotopic (exact) mass is 261 g/mol. The van der Waals surface area contributed by atoms with Gasteiger partial charge in [-0.1, -0.05) is 5.16 Å². The molecule has 0 unspecified atom stereocenters. The first-order valence-corrected chi connectivity index (χ1v) is 6.25. The Bertz CT molecular complexity index is 503. The van der Waals surface area contributed by atoms with Gasteiger partial charge in [0, 0.05) is 24.3 Å². The molecule has 0 radical (unpaired) electrons. The maximum absolute atomic E-state index is 5.53. The highest BCUT2D eigenvalue weighted by Crippen LogP contribution is 2.11. The van der Waals surface area contributed by atoms with Crippen molar-refractivity contribution in [2.75, 3.05) is 0 Å². The molecule has 0 amide bonds. The molecule has 5 heteroatoms. The van der Waals surface area contributed by atoms with Crippen LogP contribution in [0, 0.1) is 0 Å². The van der Waals surface area contributed by atoms with Gasteiger partial charge in [0.05, 0.1) is 11.9 Å². The number of aromatic nitrogens is 2. The van der Waals surface area contributed by atoms with Crippen molar-refractivity contribution in [2.45, 2.75) is 39.5 Å². The summed E-state index contributed by atoms with van der Waals surface area (Å²) in [5.74, 6) is 1.42. The first-order valence-electron chi connectivity index (χ1n) is 6.25. The van der Waals surface area contributed by atoms with Crippen LogP contribution in [0.3, 0.4) is 0 Å². The molecule has 2 heterocycles. The van der Waals surface area contributed by atoms with Crippen LogP contribution in [0.15, 0.2) is 35.1 Å². The van der Waals surface area contributed by atoms with E-state index in [1.807, 2.05) is 18.2 Å². The molecule has 0 aliphatic carbocycles. The summed E-state index contributed by atoms with van der Waals surface area (Å²) in [6, 6.07) is 5.58. The molecule has 1 N–H and O–H groups in total. The molecule has 2 aromatic heterocycles. The molecule has 0 aliphatic rings. The molecule has 2 rings (SSSR count). The van der Waals surface area contributed by atoms with Crippen LogP contribution in [0.25, 0.3) is 0 Å². The molecular weight excluding hydrogens is 242 g/mol. The summed E-state index contributed by atoms with van der Waals surface area (Å²) < 4.78 is 10.8. The number of rotatable bonds is 5. The fourth-order valence-corrected chi connectivity index (χ4v) is 1.45. The Labute approximate surface area is 113 Å². The average Bonchev–Trinajstić information content (AvgIpc) is 2.82. The molecule has 0 bridgehead atoms. The van der Waals surface area contributed by atoms with E-state index in [4.69, 9.17) is 9.26 Å². The van der Waals surface area contributed by atoms with E-state index in [2.05, 4.69) is 36.2 Å². The second-order valence-electron chi connectivity index (χ2n) is 5.37. The Balaban J connectivity index is 1.84. The molecule has 102 valence electrons. The van der Waals surface area contributed by atoms with Crippen molar-refractivity contribution in [3.05, 3.63) is 42.0 Å². The highest BCUT2D eigenvalue weighted by Gasteiger charge is 2.11. The van der Waals surface area contributed by atoms with Crippen LogP contribution in [0.4, 0.5) is 0 Å². The van der Waals surface area contributed by atoms with Crippen molar-refractivity contribution in [1.29, 1.82) is 0 Å². The Hall–Kier alpha value is -1.88. The minimum absolute atomic E-state index is 0.0608. The van der Waals surface area contributed by atoms with Gasteiger partial charge >= 0.3 is 0 Å². The highest BCUT2D eigenvalue weighted by atomic mass is 16.5. The summed E-state index contributed by atoms with van der Waals surface area (Å²) >= 11 is 0. The van der Waals surface area contributed by atoms with Crippen LogP contribution in [-0.2, 0) is 13.2 Å². The van der Waals surface area contributed by atoms with Gasteiger partial charge in [0.1, 0.15) is 12.4 Å². The van der Waals surface area contributed by atoms with E-state index < -0.39 is 0 Å². The quantitative estimate of drug-likeness (QED) is 0.896. The van der Waals surface area contributed by atoms with Gasteiger partial charge in [-0.05, 0) is 32.9 Å². The van der Waals surface area contributed by atoms with Gasteiger partial charge in [0.2, 0.25) is 0 Å². The number of nitrogens with one attached hydrogen (secondary N) is 1. The summed E-state index contributed by atoms with van der Waals surface area (Å²) in [6.45, 7) is 7.37. The predicted octanol–water partition coefficient (Wildman–Crippen LogP) is 2.54. The van der Waals surface area contributed by atoms with Crippen LogP contribution in [-0.4, -0.2) is 15.7 Å². The molecular formula is C14H19N3O2. The summed E-state index contributed by atoms with van der Waals surface area (Å²) in [5.41, 5.74) is 0.936. The van der Waals surface area contributed by atoms with Crippen molar-refractivity contribution >= 4 is 0 Å². The summed E-state index contributed by atoms with van der Waals surface area (Å²) in [6.07, 6.45) is 3.37. The minimum Gasteiger partial charge on any atom is -0.484 e. The molecule has 5 nitrogen and oxygen atoms in total. The second kappa shape index (κ2) is 5.84. The van der Waals surface area contributed by atoms with Crippen molar-refractivity contribution in [1.82, 2.24) is 15.5 Å². The number of hydrogen-bond donors (Lipinski definition) is 1. The minimum atomic E-state index is 0.0608. The van der Waals surface area contributed by atoms with E-state index in [9.17, 15) is 0 Å². The third-order valence-corrected chi connectivity index (χ3v) is 2.42. The average molecular weight is 261 g/mol. The number of hydrogen-bond acceptors (Lipinski definition) is 5. The SMILES string of the molecule is CC(C)(C)NCc1cc(COc2cccnc2)on1. The normalized spacial score (nSPS) is 11.5. The maximum Gasteiger partial charge on any atom is 0.174 e. The van der Waals surface area contributed by atoms with Gasteiger partial charge in [-0.25, -0.2) is 0 Å². The van der Waals surface area contributed by atoms with E-state index >= 15 is 0 Å². The summed E-state index contributed by atoms with van der Waals surface area (Å²) in [5, 5.41) is 7.35. The van der Waals surface area contributed by atoms with Crippen LogP contribution in [0.5, 0.6) is 5.75 Å². The van der Waals surface area contributed by atoms with Gasteiger partial charge in [-0.2, -0.15) is 0 Å². The smallest absolute Gasteiger partial charge is 0.174 e. The van der Waals surface area contributed by atoms with Crippen molar-refractivity contribution < 1.29 is 9.26 Å². The van der Waals surface area contributed by atoms with Crippen LogP contribution < -0.4 is 10.1 Å². The van der Waals surface area contributed by atoms with Gasteiger partial charge in [0.15, 0.2) is 5.76 Å². The summed E-state index contributed by atoms with van der Waals surface area (Å²) in [7, 11) is 0. The van der Waals surface area contributed by atoms with Crippen LogP contribution >= 0.6 is 0 Å². The fourth-order valence-electron chi connectivity index (χ4n) is 1.45. The van der Waals surface area contributed by atoms with Crippen LogP contribution in [0.1, 0.15) is 32.2 Å². The Kier molecular flexibility index (Phi) is 4.16.